The Labute approximate surface area is 195 Å². The second-order valence-corrected chi connectivity index (χ2v) is 10.4. The summed E-state index contributed by atoms with van der Waals surface area (Å²) in [7, 11) is -3.84. The maximum atomic E-state index is 13.0. The van der Waals surface area contributed by atoms with Crippen molar-refractivity contribution in [1.29, 1.82) is 0 Å². The molecule has 0 spiro atoms. The Morgan fingerprint density at radius 3 is 2.19 bits per heavy atom. The van der Waals surface area contributed by atoms with E-state index in [0.717, 1.165) is 20.8 Å². The van der Waals surface area contributed by atoms with Crippen molar-refractivity contribution in [1.82, 2.24) is 0 Å². The molecule has 0 aliphatic heterocycles. The number of benzene rings is 4. The summed E-state index contributed by atoms with van der Waals surface area (Å²) in [6.07, 6.45) is 0. The first-order valence-corrected chi connectivity index (χ1v) is 12.2. The van der Waals surface area contributed by atoms with Crippen molar-refractivity contribution in [3.63, 3.8) is 0 Å². The molecule has 0 aliphatic carbocycles. The van der Waals surface area contributed by atoms with Crippen LogP contribution in [0.2, 0.25) is 0 Å². The molecule has 7 heteroatoms. The highest BCUT2D eigenvalue weighted by molar-refractivity contribution is 9.10. The van der Waals surface area contributed by atoms with Gasteiger partial charge < -0.3 is 10.2 Å². The van der Waals surface area contributed by atoms with Gasteiger partial charge in [0.25, 0.3) is 10.0 Å². The van der Waals surface area contributed by atoms with E-state index in [2.05, 4.69) is 20.7 Å². The summed E-state index contributed by atoms with van der Waals surface area (Å²) in [5, 5.41) is 23.3. The Morgan fingerprint density at radius 2 is 1.50 bits per heavy atom. The fourth-order valence-corrected chi connectivity index (χ4v) is 5.25. The largest absolute Gasteiger partial charge is 0.507 e. The molecule has 0 aliphatic rings. The number of anilines is 1. The predicted octanol–water partition coefficient (Wildman–Crippen LogP) is 6.41. The van der Waals surface area contributed by atoms with Gasteiger partial charge in [-0.15, -0.1) is 0 Å². The van der Waals surface area contributed by atoms with Crippen LogP contribution in [0.3, 0.4) is 0 Å². The summed E-state index contributed by atoms with van der Waals surface area (Å²) in [4.78, 5) is 0.145. The number of sulfonamides is 1. The number of nitrogens with one attached hydrogen (secondary N) is 1. The lowest BCUT2D eigenvalue weighted by Crippen LogP contribution is -2.14. The lowest BCUT2D eigenvalue weighted by Gasteiger charge is -2.19. The van der Waals surface area contributed by atoms with Crippen LogP contribution in [0.15, 0.2) is 70.0 Å². The quantitative estimate of drug-likeness (QED) is 0.276. The first-order valence-electron chi connectivity index (χ1n) is 9.93. The predicted molar refractivity (Wildman–Crippen MR) is 132 cm³/mol. The maximum absolute atomic E-state index is 13.0. The van der Waals surface area contributed by atoms with Gasteiger partial charge in [0, 0.05) is 15.6 Å². The lowest BCUT2D eigenvalue weighted by atomic mass is 9.91. The van der Waals surface area contributed by atoms with E-state index < -0.39 is 10.0 Å². The Hall–Kier alpha value is -3.03. The van der Waals surface area contributed by atoms with Crippen LogP contribution in [0.1, 0.15) is 16.7 Å². The van der Waals surface area contributed by atoms with Crippen LogP contribution < -0.4 is 4.72 Å². The molecule has 0 amide bonds. The van der Waals surface area contributed by atoms with Gasteiger partial charge in [-0.3, -0.25) is 4.72 Å². The molecule has 4 rings (SSSR count). The number of halogens is 1. The first-order chi connectivity index (χ1) is 15.1. The molecule has 0 saturated carbocycles. The third-order valence-electron chi connectivity index (χ3n) is 5.54. The number of hydrogen-bond acceptors (Lipinski definition) is 4. The Bertz CT molecular complexity index is 1460. The molecule has 0 aromatic heterocycles. The third kappa shape index (κ3) is 3.94. The molecule has 164 valence electrons. The van der Waals surface area contributed by atoms with Gasteiger partial charge in [-0.25, -0.2) is 8.42 Å². The molecular formula is C25H22BrNO4S. The summed E-state index contributed by atoms with van der Waals surface area (Å²) >= 11 is 3.46. The van der Waals surface area contributed by atoms with Crippen LogP contribution in [-0.4, -0.2) is 18.6 Å². The van der Waals surface area contributed by atoms with E-state index in [1.54, 1.807) is 56.3 Å². The fourth-order valence-electron chi connectivity index (χ4n) is 3.78. The van der Waals surface area contributed by atoms with E-state index >= 15 is 0 Å². The standard InChI is InChI=1S/C25H22BrNO4S/c1-14-4-9-19(10-5-14)32(30,31)27-21-12-15(2)25(29)23(16(21)3)24-20-13-18(26)8-6-17(20)7-11-22(24)28/h4-13,27-29H,1-3H3. The van der Waals surface area contributed by atoms with Crippen LogP contribution >= 0.6 is 15.9 Å². The molecule has 0 radical (unpaired) electrons. The van der Waals surface area contributed by atoms with Gasteiger partial charge in [-0.2, -0.15) is 0 Å². The number of rotatable bonds is 4. The molecule has 4 aromatic carbocycles. The van der Waals surface area contributed by atoms with Gasteiger partial charge in [-0.05, 0) is 79.1 Å². The minimum atomic E-state index is -3.84. The van der Waals surface area contributed by atoms with Crippen LogP contribution in [0.4, 0.5) is 5.69 Å². The van der Waals surface area contributed by atoms with Crippen LogP contribution in [0, 0.1) is 20.8 Å². The highest BCUT2D eigenvalue weighted by atomic mass is 79.9. The number of hydrogen-bond donors (Lipinski definition) is 3. The number of aromatic hydroxyl groups is 2. The van der Waals surface area contributed by atoms with Gasteiger partial charge in [0.15, 0.2) is 0 Å². The van der Waals surface area contributed by atoms with Crippen molar-refractivity contribution in [3.8, 4) is 22.6 Å². The molecule has 0 bridgehead atoms. The lowest BCUT2D eigenvalue weighted by molar-refractivity contribution is 0.467. The molecule has 32 heavy (non-hydrogen) atoms. The molecule has 0 atom stereocenters. The van der Waals surface area contributed by atoms with E-state index in [9.17, 15) is 18.6 Å². The van der Waals surface area contributed by atoms with Crippen molar-refractivity contribution < 1.29 is 18.6 Å². The number of phenolic OH excluding ortho intramolecular Hbond substituents is 2. The summed E-state index contributed by atoms with van der Waals surface area (Å²) in [5.41, 5.74) is 3.11. The van der Waals surface area contributed by atoms with E-state index in [1.807, 2.05) is 25.1 Å². The average molecular weight is 512 g/mol. The van der Waals surface area contributed by atoms with Gasteiger partial charge in [0.1, 0.15) is 11.5 Å². The molecular weight excluding hydrogens is 490 g/mol. The SMILES string of the molecule is Cc1ccc(S(=O)(=O)Nc2cc(C)c(O)c(-c3c(O)ccc4ccc(Br)cc34)c2C)cc1. The number of fused-ring (bicyclic) bond motifs is 1. The van der Waals surface area contributed by atoms with Gasteiger partial charge in [-0.1, -0.05) is 45.8 Å². The van der Waals surface area contributed by atoms with Crippen molar-refractivity contribution in [2.45, 2.75) is 25.7 Å². The second kappa shape index (κ2) is 8.15. The molecule has 4 aromatic rings. The summed E-state index contributed by atoms with van der Waals surface area (Å²) in [5.74, 6) is -0.0181. The Kier molecular flexibility index (Phi) is 5.65. The van der Waals surface area contributed by atoms with E-state index in [0.29, 0.717) is 27.9 Å². The number of phenols is 2. The third-order valence-corrected chi connectivity index (χ3v) is 7.41. The Morgan fingerprint density at radius 1 is 0.844 bits per heavy atom. The topological polar surface area (TPSA) is 86.6 Å². The van der Waals surface area contributed by atoms with Crippen molar-refractivity contribution in [2.75, 3.05) is 4.72 Å². The van der Waals surface area contributed by atoms with E-state index in [1.165, 1.54) is 0 Å². The maximum Gasteiger partial charge on any atom is 0.261 e. The molecule has 0 unspecified atom stereocenters. The van der Waals surface area contributed by atoms with Crippen molar-refractivity contribution >= 4 is 42.4 Å². The zero-order chi connectivity index (χ0) is 23.2. The molecule has 0 heterocycles. The summed E-state index contributed by atoms with van der Waals surface area (Å²) in [6, 6.07) is 17.2. The molecule has 5 nitrogen and oxygen atoms in total. The zero-order valence-corrected chi connectivity index (χ0v) is 20.2. The Balaban J connectivity index is 1.94. The zero-order valence-electron chi connectivity index (χ0n) is 17.8. The van der Waals surface area contributed by atoms with E-state index in [4.69, 9.17) is 0 Å². The van der Waals surface area contributed by atoms with Gasteiger partial charge >= 0.3 is 0 Å². The highest BCUT2D eigenvalue weighted by Gasteiger charge is 2.23. The van der Waals surface area contributed by atoms with Gasteiger partial charge in [0.2, 0.25) is 0 Å². The monoisotopic (exact) mass is 511 g/mol. The highest BCUT2D eigenvalue weighted by Crippen LogP contribution is 2.46. The smallest absolute Gasteiger partial charge is 0.261 e. The van der Waals surface area contributed by atoms with Crippen LogP contribution in [0.5, 0.6) is 11.5 Å². The average Bonchev–Trinajstić information content (AvgIpc) is 2.73. The normalized spacial score (nSPS) is 11.6. The number of aryl methyl sites for hydroxylation is 2. The fraction of sp³-hybridized carbons (Fsp3) is 0.120. The molecule has 0 fully saturated rings. The van der Waals surface area contributed by atoms with Crippen molar-refractivity contribution in [3.05, 3.63) is 81.8 Å². The van der Waals surface area contributed by atoms with Crippen molar-refractivity contribution in [2.24, 2.45) is 0 Å². The minimum Gasteiger partial charge on any atom is -0.507 e. The minimum absolute atomic E-state index is 0.00746. The van der Waals surface area contributed by atoms with E-state index in [-0.39, 0.29) is 16.4 Å². The second-order valence-electron chi connectivity index (χ2n) is 7.83. The van der Waals surface area contributed by atoms with Crippen LogP contribution in [-0.2, 0) is 10.0 Å². The molecule has 0 saturated heterocycles. The van der Waals surface area contributed by atoms with Gasteiger partial charge in [0.05, 0.1) is 10.6 Å². The first kappa shape index (κ1) is 22.2. The van der Waals surface area contributed by atoms with Crippen LogP contribution in [0.25, 0.3) is 21.9 Å². The molecule has 3 N–H and O–H groups in total. The summed E-state index contributed by atoms with van der Waals surface area (Å²) in [6.45, 7) is 5.30. The summed E-state index contributed by atoms with van der Waals surface area (Å²) < 4.78 is 29.5.